The second-order valence-electron chi connectivity index (χ2n) is 4.08. The van der Waals surface area contributed by atoms with Crippen LogP contribution in [0, 0.1) is 5.92 Å². The van der Waals surface area contributed by atoms with Gasteiger partial charge in [-0.05, 0) is 43.8 Å². The van der Waals surface area contributed by atoms with Gasteiger partial charge in [0.15, 0.2) is 0 Å². The summed E-state index contributed by atoms with van der Waals surface area (Å²) in [6, 6.07) is 4.93. The van der Waals surface area contributed by atoms with E-state index in [1.807, 2.05) is 11.3 Å². The summed E-state index contributed by atoms with van der Waals surface area (Å²) in [7, 11) is 0. The van der Waals surface area contributed by atoms with Crippen LogP contribution in [0.2, 0.25) is 0 Å². The molecule has 2 rings (SSSR count). The molecular formula is C11H18N2S. The Labute approximate surface area is 89.7 Å². The maximum Gasteiger partial charge on any atom is 0.0413 e. The molecule has 0 amide bonds. The number of nitrogens with zero attached hydrogens (tertiary/aromatic N) is 1. The van der Waals surface area contributed by atoms with Gasteiger partial charge in [0.05, 0.1) is 0 Å². The van der Waals surface area contributed by atoms with E-state index in [0.29, 0.717) is 6.04 Å². The van der Waals surface area contributed by atoms with Crippen molar-refractivity contribution in [3.05, 3.63) is 22.4 Å². The van der Waals surface area contributed by atoms with Crippen LogP contribution in [-0.2, 0) is 0 Å². The molecule has 1 saturated heterocycles. The molecule has 3 heteroatoms. The van der Waals surface area contributed by atoms with Crippen molar-refractivity contribution in [1.29, 1.82) is 0 Å². The van der Waals surface area contributed by atoms with Crippen molar-refractivity contribution < 1.29 is 0 Å². The number of hydrogen-bond donors (Lipinski definition) is 1. The summed E-state index contributed by atoms with van der Waals surface area (Å²) in [5, 5.41) is 2.16. The van der Waals surface area contributed by atoms with Crippen molar-refractivity contribution in [2.75, 3.05) is 19.6 Å². The Morgan fingerprint density at radius 2 is 2.57 bits per heavy atom. The van der Waals surface area contributed by atoms with Crippen molar-refractivity contribution in [3.63, 3.8) is 0 Å². The third-order valence-electron chi connectivity index (χ3n) is 3.15. The van der Waals surface area contributed by atoms with Crippen LogP contribution in [0.15, 0.2) is 17.5 Å². The maximum atomic E-state index is 5.69. The second-order valence-corrected chi connectivity index (χ2v) is 5.06. The minimum Gasteiger partial charge on any atom is -0.330 e. The third-order valence-corrected chi connectivity index (χ3v) is 4.20. The van der Waals surface area contributed by atoms with E-state index < -0.39 is 0 Å². The van der Waals surface area contributed by atoms with Gasteiger partial charge in [0.1, 0.15) is 0 Å². The van der Waals surface area contributed by atoms with E-state index in [-0.39, 0.29) is 0 Å². The smallest absolute Gasteiger partial charge is 0.0413 e. The summed E-state index contributed by atoms with van der Waals surface area (Å²) in [6.45, 7) is 5.52. The minimum absolute atomic E-state index is 0.576. The van der Waals surface area contributed by atoms with Gasteiger partial charge in [-0.15, -0.1) is 11.3 Å². The Morgan fingerprint density at radius 1 is 1.71 bits per heavy atom. The van der Waals surface area contributed by atoms with Crippen molar-refractivity contribution in [2.45, 2.75) is 19.4 Å². The van der Waals surface area contributed by atoms with E-state index in [2.05, 4.69) is 29.3 Å². The van der Waals surface area contributed by atoms with E-state index in [0.717, 1.165) is 12.5 Å². The van der Waals surface area contributed by atoms with E-state index in [1.54, 1.807) is 0 Å². The van der Waals surface area contributed by atoms with Crippen LogP contribution in [-0.4, -0.2) is 24.5 Å². The fraction of sp³-hybridized carbons (Fsp3) is 0.636. The molecule has 78 valence electrons. The average Bonchev–Trinajstić information content (AvgIpc) is 2.88. The van der Waals surface area contributed by atoms with Gasteiger partial charge in [0.2, 0.25) is 0 Å². The van der Waals surface area contributed by atoms with Gasteiger partial charge >= 0.3 is 0 Å². The molecule has 1 aliphatic rings. The van der Waals surface area contributed by atoms with Crippen LogP contribution in [0.5, 0.6) is 0 Å². The molecule has 0 radical (unpaired) electrons. The highest BCUT2D eigenvalue weighted by atomic mass is 32.1. The first-order valence-corrected chi connectivity index (χ1v) is 6.16. The largest absolute Gasteiger partial charge is 0.330 e. The topological polar surface area (TPSA) is 29.3 Å². The normalized spacial score (nSPS) is 25.4. The fourth-order valence-electron chi connectivity index (χ4n) is 2.12. The summed E-state index contributed by atoms with van der Waals surface area (Å²) in [5.41, 5.74) is 5.69. The fourth-order valence-corrected chi connectivity index (χ4v) is 2.93. The van der Waals surface area contributed by atoms with Gasteiger partial charge in [-0.1, -0.05) is 6.07 Å². The Morgan fingerprint density at radius 3 is 3.14 bits per heavy atom. The standard InChI is InChI=1S/C11H18N2S/c1-9(11-3-2-6-14-11)13-5-4-10(7-12)8-13/h2-3,6,9-10H,4-5,7-8,12H2,1H3/t9-,10-/m0/s1. The molecule has 0 aromatic carbocycles. The van der Waals surface area contributed by atoms with Gasteiger partial charge < -0.3 is 5.73 Å². The van der Waals surface area contributed by atoms with E-state index in [4.69, 9.17) is 5.73 Å². The Hall–Kier alpha value is -0.380. The second kappa shape index (κ2) is 4.43. The minimum atomic E-state index is 0.576. The number of hydrogen-bond acceptors (Lipinski definition) is 3. The SMILES string of the molecule is C[C@@H](c1cccs1)N1CC[C@@H](CN)C1. The van der Waals surface area contributed by atoms with Crippen LogP contribution in [0.3, 0.4) is 0 Å². The number of nitrogens with two attached hydrogens (primary N) is 1. The molecule has 1 aromatic heterocycles. The quantitative estimate of drug-likeness (QED) is 0.827. The molecule has 0 bridgehead atoms. The summed E-state index contributed by atoms with van der Waals surface area (Å²) in [4.78, 5) is 4.02. The monoisotopic (exact) mass is 210 g/mol. The van der Waals surface area contributed by atoms with Crippen LogP contribution >= 0.6 is 11.3 Å². The molecule has 1 aliphatic heterocycles. The zero-order valence-corrected chi connectivity index (χ0v) is 9.46. The Balaban J connectivity index is 1.97. The third kappa shape index (κ3) is 2.00. The van der Waals surface area contributed by atoms with E-state index in [9.17, 15) is 0 Å². The average molecular weight is 210 g/mol. The van der Waals surface area contributed by atoms with Gasteiger partial charge in [-0.3, -0.25) is 4.90 Å². The van der Waals surface area contributed by atoms with Crippen molar-refractivity contribution >= 4 is 11.3 Å². The van der Waals surface area contributed by atoms with Gasteiger partial charge in [-0.2, -0.15) is 0 Å². The molecule has 1 fully saturated rings. The van der Waals surface area contributed by atoms with E-state index >= 15 is 0 Å². The molecule has 2 nitrogen and oxygen atoms in total. The van der Waals surface area contributed by atoms with Crippen LogP contribution < -0.4 is 5.73 Å². The summed E-state index contributed by atoms with van der Waals surface area (Å²) < 4.78 is 0. The molecule has 2 N–H and O–H groups in total. The highest BCUT2D eigenvalue weighted by molar-refractivity contribution is 7.10. The Kier molecular flexibility index (Phi) is 3.21. The lowest BCUT2D eigenvalue weighted by Gasteiger charge is -2.23. The highest BCUT2D eigenvalue weighted by Crippen LogP contribution is 2.29. The van der Waals surface area contributed by atoms with Gasteiger partial charge in [0.25, 0.3) is 0 Å². The van der Waals surface area contributed by atoms with Crippen LogP contribution in [0.4, 0.5) is 0 Å². The first-order chi connectivity index (χ1) is 6.81. The summed E-state index contributed by atoms with van der Waals surface area (Å²) in [5.74, 6) is 0.720. The Bertz CT molecular complexity index is 271. The summed E-state index contributed by atoms with van der Waals surface area (Å²) in [6.07, 6.45) is 1.27. The first-order valence-electron chi connectivity index (χ1n) is 5.28. The lowest BCUT2D eigenvalue weighted by atomic mass is 10.1. The van der Waals surface area contributed by atoms with Crippen molar-refractivity contribution in [2.24, 2.45) is 11.7 Å². The zero-order valence-electron chi connectivity index (χ0n) is 8.65. The van der Waals surface area contributed by atoms with E-state index in [1.165, 1.54) is 24.4 Å². The first kappa shape index (κ1) is 10.1. The van der Waals surface area contributed by atoms with Crippen LogP contribution in [0.25, 0.3) is 0 Å². The molecule has 2 heterocycles. The highest BCUT2D eigenvalue weighted by Gasteiger charge is 2.25. The predicted octanol–water partition coefficient (Wildman–Crippen LogP) is 2.09. The molecule has 0 saturated carbocycles. The molecule has 14 heavy (non-hydrogen) atoms. The maximum absolute atomic E-state index is 5.69. The number of rotatable bonds is 3. The van der Waals surface area contributed by atoms with Crippen molar-refractivity contribution in [1.82, 2.24) is 4.90 Å². The van der Waals surface area contributed by atoms with Crippen molar-refractivity contribution in [3.8, 4) is 0 Å². The molecular weight excluding hydrogens is 192 g/mol. The summed E-state index contributed by atoms with van der Waals surface area (Å²) >= 11 is 1.85. The molecule has 0 aliphatic carbocycles. The predicted molar refractivity (Wildman–Crippen MR) is 61.5 cm³/mol. The van der Waals surface area contributed by atoms with Gasteiger partial charge in [0, 0.05) is 17.5 Å². The number of thiophene rings is 1. The van der Waals surface area contributed by atoms with Crippen LogP contribution in [0.1, 0.15) is 24.3 Å². The zero-order chi connectivity index (χ0) is 9.97. The molecule has 2 atom stereocenters. The molecule has 0 spiro atoms. The lowest BCUT2D eigenvalue weighted by Crippen LogP contribution is -2.25. The van der Waals surface area contributed by atoms with Gasteiger partial charge in [-0.25, -0.2) is 0 Å². The lowest BCUT2D eigenvalue weighted by molar-refractivity contribution is 0.257. The molecule has 1 aromatic rings. The number of likely N-dealkylation sites (tertiary alicyclic amines) is 1. The molecule has 0 unspecified atom stereocenters.